The molecule has 116 valence electrons. The van der Waals surface area contributed by atoms with E-state index in [1.165, 1.54) is 25.3 Å². The quantitative estimate of drug-likeness (QED) is 0.780. The van der Waals surface area contributed by atoms with Crippen molar-refractivity contribution in [2.45, 2.75) is 12.8 Å². The van der Waals surface area contributed by atoms with Crippen LogP contribution in [0.1, 0.15) is 21.5 Å². The fourth-order valence-corrected chi connectivity index (χ4v) is 1.83. The third kappa shape index (κ3) is 3.78. The molecule has 22 heavy (non-hydrogen) atoms. The van der Waals surface area contributed by atoms with Gasteiger partial charge in [0.05, 0.1) is 18.2 Å². The molecule has 0 aliphatic rings. The fourth-order valence-electron chi connectivity index (χ4n) is 1.83. The Morgan fingerprint density at radius 2 is 1.77 bits per heavy atom. The van der Waals surface area contributed by atoms with Gasteiger partial charge in [-0.3, -0.25) is 4.79 Å². The van der Waals surface area contributed by atoms with Gasteiger partial charge in [0.1, 0.15) is 18.1 Å². The molecule has 0 unspecified atom stereocenters. The maximum atomic E-state index is 12.5. The summed E-state index contributed by atoms with van der Waals surface area (Å²) in [7, 11) is 1.48. The Kier molecular flexibility index (Phi) is 4.70. The molecule has 0 saturated carbocycles. The van der Waals surface area contributed by atoms with Gasteiger partial charge in [-0.15, -0.1) is 0 Å². The Balaban J connectivity index is 2.08. The van der Waals surface area contributed by atoms with Crippen LogP contribution in [0, 0.1) is 0 Å². The summed E-state index contributed by atoms with van der Waals surface area (Å²) in [5.41, 5.74) is 0.168. The van der Waals surface area contributed by atoms with E-state index in [1.54, 1.807) is 12.1 Å². The van der Waals surface area contributed by atoms with Crippen LogP contribution in [0.2, 0.25) is 0 Å². The van der Waals surface area contributed by atoms with Gasteiger partial charge in [-0.25, -0.2) is 0 Å². The molecule has 0 heterocycles. The van der Waals surface area contributed by atoms with Crippen molar-refractivity contribution in [1.29, 1.82) is 0 Å². The van der Waals surface area contributed by atoms with Crippen molar-refractivity contribution in [2.75, 3.05) is 7.11 Å². The molecule has 6 heteroatoms. The number of halogens is 3. The molecule has 0 spiro atoms. The van der Waals surface area contributed by atoms with Crippen LogP contribution in [0.4, 0.5) is 13.2 Å². The molecular weight excluding hydrogens is 297 g/mol. The van der Waals surface area contributed by atoms with Crippen LogP contribution in [-0.2, 0) is 12.8 Å². The topological polar surface area (TPSA) is 35.5 Å². The molecule has 3 nitrogen and oxygen atoms in total. The van der Waals surface area contributed by atoms with E-state index in [0.29, 0.717) is 28.9 Å². The number of carbonyl (C=O) groups excluding carboxylic acids is 1. The lowest BCUT2D eigenvalue weighted by Crippen LogP contribution is -2.05. The average Bonchev–Trinajstić information content (AvgIpc) is 2.52. The monoisotopic (exact) mass is 310 g/mol. The maximum absolute atomic E-state index is 12.5. The van der Waals surface area contributed by atoms with E-state index < -0.39 is 11.7 Å². The molecule has 0 saturated heterocycles. The van der Waals surface area contributed by atoms with Crippen LogP contribution in [0.15, 0.2) is 42.5 Å². The van der Waals surface area contributed by atoms with Gasteiger partial charge in [-0.2, -0.15) is 13.2 Å². The van der Waals surface area contributed by atoms with Gasteiger partial charge in [0.15, 0.2) is 6.29 Å². The third-order valence-electron chi connectivity index (χ3n) is 3.02. The van der Waals surface area contributed by atoms with E-state index in [4.69, 9.17) is 9.47 Å². The summed E-state index contributed by atoms with van der Waals surface area (Å²) in [5, 5.41) is 0. The molecule has 0 atom stereocenters. The Morgan fingerprint density at radius 1 is 1.09 bits per heavy atom. The van der Waals surface area contributed by atoms with Crippen molar-refractivity contribution in [1.82, 2.24) is 0 Å². The number of alkyl halides is 3. The lowest BCUT2D eigenvalue weighted by Gasteiger charge is -2.11. The summed E-state index contributed by atoms with van der Waals surface area (Å²) in [6.45, 7) is 0.0608. The minimum atomic E-state index is -4.36. The van der Waals surface area contributed by atoms with Gasteiger partial charge < -0.3 is 9.47 Å². The first kappa shape index (κ1) is 15.9. The second kappa shape index (κ2) is 6.51. The SMILES string of the molecule is COc1ccc(OCc2ccc(C(F)(F)F)cc2)c(C=O)c1. The maximum Gasteiger partial charge on any atom is 0.416 e. The number of hydrogen-bond donors (Lipinski definition) is 0. The Bertz CT molecular complexity index is 649. The van der Waals surface area contributed by atoms with Crippen molar-refractivity contribution in [2.24, 2.45) is 0 Å². The van der Waals surface area contributed by atoms with Crippen molar-refractivity contribution < 1.29 is 27.4 Å². The Hall–Kier alpha value is -2.50. The number of ether oxygens (including phenoxy) is 2. The molecule has 0 radical (unpaired) electrons. The van der Waals surface area contributed by atoms with Crippen molar-refractivity contribution in [3.05, 3.63) is 59.2 Å². The molecule has 0 aliphatic heterocycles. The highest BCUT2D eigenvalue weighted by Gasteiger charge is 2.29. The van der Waals surface area contributed by atoms with Crippen molar-refractivity contribution >= 4 is 6.29 Å². The van der Waals surface area contributed by atoms with Crippen LogP contribution in [0.25, 0.3) is 0 Å². The van der Waals surface area contributed by atoms with E-state index >= 15 is 0 Å². The summed E-state index contributed by atoms with van der Waals surface area (Å²) in [6.07, 6.45) is -3.73. The molecule has 0 aliphatic carbocycles. The van der Waals surface area contributed by atoms with Crippen LogP contribution in [0.5, 0.6) is 11.5 Å². The molecule has 2 aromatic carbocycles. The smallest absolute Gasteiger partial charge is 0.416 e. The lowest BCUT2D eigenvalue weighted by atomic mass is 10.1. The number of rotatable bonds is 5. The van der Waals surface area contributed by atoms with E-state index in [-0.39, 0.29) is 6.61 Å². The number of carbonyl (C=O) groups is 1. The average molecular weight is 310 g/mol. The summed E-state index contributed by atoms with van der Waals surface area (Å²) in [6, 6.07) is 9.40. The molecule has 2 rings (SSSR count). The van der Waals surface area contributed by atoms with E-state index in [9.17, 15) is 18.0 Å². The highest BCUT2D eigenvalue weighted by atomic mass is 19.4. The number of aldehydes is 1. The van der Waals surface area contributed by atoms with Crippen LogP contribution in [0.3, 0.4) is 0 Å². The molecular formula is C16H13F3O3. The molecule has 0 aromatic heterocycles. The van der Waals surface area contributed by atoms with Crippen molar-refractivity contribution in [3.8, 4) is 11.5 Å². The largest absolute Gasteiger partial charge is 0.497 e. The first-order valence-corrected chi connectivity index (χ1v) is 6.36. The van der Waals surface area contributed by atoms with Gasteiger partial charge in [0, 0.05) is 0 Å². The standard InChI is InChI=1S/C16H13F3O3/c1-21-14-6-7-15(12(8-14)9-20)22-10-11-2-4-13(5-3-11)16(17,18)19/h2-9H,10H2,1H3. The number of methoxy groups -OCH3 is 1. The molecule has 0 N–H and O–H groups in total. The van der Waals surface area contributed by atoms with E-state index in [0.717, 1.165) is 12.1 Å². The van der Waals surface area contributed by atoms with Gasteiger partial charge in [0.25, 0.3) is 0 Å². The predicted molar refractivity (Wildman–Crippen MR) is 74.2 cm³/mol. The molecule has 0 fully saturated rings. The Morgan fingerprint density at radius 3 is 2.32 bits per heavy atom. The van der Waals surface area contributed by atoms with Gasteiger partial charge in [-0.05, 0) is 35.9 Å². The number of hydrogen-bond acceptors (Lipinski definition) is 3. The Labute approximate surface area is 125 Å². The lowest BCUT2D eigenvalue weighted by molar-refractivity contribution is -0.137. The molecule has 0 amide bonds. The first-order chi connectivity index (χ1) is 10.4. The van der Waals surface area contributed by atoms with Crippen molar-refractivity contribution in [3.63, 3.8) is 0 Å². The van der Waals surface area contributed by atoms with E-state index in [1.807, 2.05) is 0 Å². The highest BCUT2D eigenvalue weighted by Crippen LogP contribution is 2.29. The zero-order chi connectivity index (χ0) is 16.2. The van der Waals surface area contributed by atoms with Crippen LogP contribution in [-0.4, -0.2) is 13.4 Å². The first-order valence-electron chi connectivity index (χ1n) is 6.36. The minimum Gasteiger partial charge on any atom is -0.497 e. The van der Waals surface area contributed by atoms with Gasteiger partial charge >= 0.3 is 6.18 Å². The second-order valence-corrected chi connectivity index (χ2v) is 4.50. The molecule has 2 aromatic rings. The summed E-state index contributed by atoms with van der Waals surface area (Å²) in [4.78, 5) is 11.0. The minimum absolute atomic E-state index is 0.0608. The third-order valence-corrected chi connectivity index (χ3v) is 3.02. The predicted octanol–water partition coefficient (Wildman–Crippen LogP) is 4.11. The zero-order valence-corrected chi connectivity index (χ0v) is 11.7. The highest BCUT2D eigenvalue weighted by molar-refractivity contribution is 5.80. The normalized spacial score (nSPS) is 11.1. The van der Waals surface area contributed by atoms with Crippen LogP contribution < -0.4 is 9.47 Å². The fraction of sp³-hybridized carbons (Fsp3) is 0.188. The molecule has 0 bridgehead atoms. The second-order valence-electron chi connectivity index (χ2n) is 4.50. The summed E-state index contributed by atoms with van der Waals surface area (Å²) in [5.74, 6) is 0.861. The zero-order valence-electron chi connectivity index (χ0n) is 11.7. The summed E-state index contributed by atoms with van der Waals surface area (Å²) >= 11 is 0. The number of benzene rings is 2. The van der Waals surface area contributed by atoms with Crippen LogP contribution >= 0.6 is 0 Å². The van der Waals surface area contributed by atoms with E-state index in [2.05, 4.69) is 0 Å². The summed E-state index contributed by atoms with van der Waals surface area (Å²) < 4.78 is 47.8. The van der Waals surface area contributed by atoms with Gasteiger partial charge in [-0.1, -0.05) is 12.1 Å². The van der Waals surface area contributed by atoms with Gasteiger partial charge in [0.2, 0.25) is 0 Å².